The van der Waals surface area contributed by atoms with Crippen molar-refractivity contribution in [2.45, 2.75) is 32.6 Å². The molecule has 0 radical (unpaired) electrons. The maximum Gasteiger partial charge on any atom is 0.125 e. The maximum atomic E-state index is 13.4. The molecule has 1 aromatic carbocycles. The van der Waals surface area contributed by atoms with Gasteiger partial charge in [-0.3, -0.25) is 0 Å². The summed E-state index contributed by atoms with van der Waals surface area (Å²) in [6.07, 6.45) is 5.20. The highest BCUT2D eigenvalue weighted by Gasteiger charge is 2.34. The van der Waals surface area contributed by atoms with Crippen molar-refractivity contribution < 1.29 is 4.39 Å². The summed E-state index contributed by atoms with van der Waals surface area (Å²) in [5.41, 5.74) is 1.36. The van der Waals surface area contributed by atoms with Crippen molar-refractivity contribution in [2.75, 3.05) is 31.6 Å². The van der Waals surface area contributed by atoms with Crippen molar-refractivity contribution in [3.63, 3.8) is 0 Å². The molecule has 106 valence electrons. The van der Waals surface area contributed by atoms with E-state index in [1.54, 1.807) is 12.1 Å². The molecule has 0 saturated heterocycles. The molecule has 0 spiro atoms. The van der Waals surface area contributed by atoms with E-state index >= 15 is 0 Å². The zero-order chi connectivity index (χ0) is 13.7. The first kappa shape index (κ1) is 14.3. The van der Waals surface area contributed by atoms with Crippen molar-refractivity contribution >= 4 is 5.69 Å². The van der Waals surface area contributed by atoms with Crippen molar-refractivity contribution in [2.24, 2.45) is 5.41 Å². The molecule has 1 fully saturated rings. The van der Waals surface area contributed by atoms with Crippen molar-refractivity contribution in [1.82, 2.24) is 5.32 Å². The number of halogens is 1. The van der Waals surface area contributed by atoms with Gasteiger partial charge in [-0.25, -0.2) is 4.39 Å². The molecule has 0 aromatic heterocycles. The fourth-order valence-electron chi connectivity index (χ4n) is 3.35. The molecule has 2 nitrogen and oxygen atoms in total. The fraction of sp³-hybridized carbons (Fsp3) is 0.625. The lowest BCUT2D eigenvalue weighted by Gasteiger charge is -2.36. The lowest BCUT2D eigenvalue weighted by atomic mass is 9.85. The van der Waals surface area contributed by atoms with Crippen LogP contribution < -0.4 is 10.2 Å². The smallest absolute Gasteiger partial charge is 0.125 e. The number of nitrogens with one attached hydrogen (secondary N) is 1. The summed E-state index contributed by atoms with van der Waals surface area (Å²) in [4.78, 5) is 2.31. The van der Waals surface area contributed by atoms with Gasteiger partial charge in [0.2, 0.25) is 0 Å². The molecule has 0 amide bonds. The second kappa shape index (κ2) is 6.38. The van der Waals surface area contributed by atoms with E-state index in [9.17, 15) is 4.39 Å². The Morgan fingerprint density at radius 3 is 2.63 bits per heavy atom. The molecule has 1 N–H and O–H groups in total. The molecule has 0 heterocycles. The third-order valence-corrected chi connectivity index (χ3v) is 4.30. The summed E-state index contributed by atoms with van der Waals surface area (Å²) in [5.74, 6) is -0.148. The molecule has 0 atom stereocenters. The standard InChI is InChI=1S/C16H25FN2/c1-3-19(15-8-6-7-14(17)11-15)13-16(12-18-2)9-4-5-10-16/h6-8,11,18H,3-5,9-10,12-13H2,1-2H3. The molecular weight excluding hydrogens is 239 g/mol. The molecular formula is C16H25FN2. The molecule has 19 heavy (non-hydrogen) atoms. The van der Waals surface area contributed by atoms with E-state index in [4.69, 9.17) is 0 Å². The Bertz CT molecular complexity index is 399. The largest absolute Gasteiger partial charge is 0.371 e. The van der Waals surface area contributed by atoms with Crippen LogP contribution in [0, 0.1) is 11.2 Å². The van der Waals surface area contributed by atoms with Gasteiger partial charge < -0.3 is 10.2 Å². The van der Waals surface area contributed by atoms with Gasteiger partial charge in [-0.2, -0.15) is 0 Å². The first-order valence-electron chi connectivity index (χ1n) is 7.34. The second-order valence-corrected chi connectivity index (χ2v) is 5.73. The first-order chi connectivity index (χ1) is 9.19. The molecule has 1 saturated carbocycles. The van der Waals surface area contributed by atoms with Crippen molar-refractivity contribution in [3.8, 4) is 0 Å². The normalized spacial score (nSPS) is 17.6. The van der Waals surface area contributed by atoms with Crippen molar-refractivity contribution in [1.29, 1.82) is 0 Å². The van der Waals surface area contributed by atoms with Crippen LogP contribution in [0.1, 0.15) is 32.6 Å². The molecule has 0 unspecified atom stereocenters. The monoisotopic (exact) mass is 264 g/mol. The van der Waals surface area contributed by atoms with Gasteiger partial charge in [0.15, 0.2) is 0 Å². The minimum Gasteiger partial charge on any atom is -0.371 e. The molecule has 1 aliphatic carbocycles. The topological polar surface area (TPSA) is 15.3 Å². The summed E-state index contributed by atoms with van der Waals surface area (Å²) in [6.45, 7) is 5.15. The summed E-state index contributed by atoms with van der Waals surface area (Å²) in [7, 11) is 2.03. The lowest BCUT2D eigenvalue weighted by Crippen LogP contribution is -2.42. The molecule has 3 heteroatoms. The van der Waals surface area contributed by atoms with E-state index in [1.165, 1.54) is 31.7 Å². The Balaban J connectivity index is 2.13. The average Bonchev–Trinajstić information content (AvgIpc) is 2.85. The quantitative estimate of drug-likeness (QED) is 0.847. The van der Waals surface area contributed by atoms with E-state index in [2.05, 4.69) is 17.1 Å². The summed E-state index contributed by atoms with van der Waals surface area (Å²) >= 11 is 0. The van der Waals surface area contributed by atoms with E-state index in [0.29, 0.717) is 5.41 Å². The maximum absolute atomic E-state index is 13.4. The minimum atomic E-state index is -0.148. The summed E-state index contributed by atoms with van der Waals surface area (Å²) < 4.78 is 13.4. The van der Waals surface area contributed by atoms with Crippen LogP contribution in [0.5, 0.6) is 0 Å². The molecule has 2 rings (SSSR count). The third-order valence-electron chi connectivity index (χ3n) is 4.30. The number of benzene rings is 1. The van der Waals surface area contributed by atoms with Crippen LogP contribution >= 0.6 is 0 Å². The zero-order valence-corrected chi connectivity index (χ0v) is 12.1. The number of nitrogens with zero attached hydrogens (tertiary/aromatic N) is 1. The summed E-state index contributed by atoms with van der Waals surface area (Å²) in [5, 5.41) is 3.34. The Kier molecular flexibility index (Phi) is 4.81. The highest BCUT2D eigenvalue weighted by Crippen LogP contribution is 2.39. The number of hydrogen-bond donors (Lipinski definition) is 1. The Morgan fingerprint density at radius 1 is 1.32 bits per heavy atom. The zero-order valence-electron chi connectivity index (χ0n) is 12.1. The van der Waals surface area contributed by atoms with E-state index in [-0.39, 0.29) is 5.82 Å². The van der Waals surface area contributed by atoms with Gasteiger partial charge in [0.1, 0.15) is 5.82 Å². The van der Waals surface area contributed by atoms with Crippen LogP contribution in [0.3, 0.4) is 0 Å². The predicted octanol–water partition coefficient (Wildman–Crippen LogP) is 3.43. The number of hydrogen-bond acceptors (Lipinski definition) is 2. The number of anilines is 1. The van der Waals surface area contributed by atoms with Gasteiger partial charge in [-0.15, -0.1) is 0 Å². The van der Waals surface area contributed by atoms with Gasteiger partial charge in [-0.05, 0) is 45.0 Å². The Morgan fingerprint density at radius 2 is 2.05 bits per heavy atom. The van der Waals surface area contributed by atoms with Gasteiger partial charge in [-0.1, -0.05) is 18.9 Å². The molecule has 1 aromatic rings. The second-order valence-electron chi connectivity index (χ2n) is 5.73. The van der Waals surface area contributed by atoms with E-state index < -0.39 is 0 Å². The molecule has 0 bridgehead atoms. The minimum absolute atomic E-state index is 0.148. The fourth-order valence-corrected chi connectivity index (χ4v) is 3.35. The van der Waals surface area contributed by atoms with Crippen LogP contribution in [-0.2, 0) is 0 Å². The molecule has 0 aliphatic heterocycles. The van der Waals surface area contributed by atoms with E-state index in [0.717, 1.165) is 25.3 Å². The van der Waals surface area contributed by atoms with Crippen LogP contribution in [0.15, 0.2) is 24.3 Å². The van der Waals surface area contributed by atoms with Gasteiger partial charge >= 0.3 is 0 Å². The SMILES string of the molecule is CCN(CC1(CNC)CCCC1)c1cccc(F)c1. The van der Waals surface area contributed by atoms with Gasteiger partial charge in [0, 0.05) is 30.7 Å². The first-order valence-corrected chi connectivity index (χ1v) is 7.34. The highest BCUT2D eigenvalue weighted by atomic mass is 19.1. The van der Waals surface area contributed by atoms with Gasteiger partial charge in [0.25, 0.3) is 0 Å². The predicted molar refractivity (Wildman–Crippen MR) is 79.1 cm³/mol. The average molecular weight is 264 g/mol. The Hall–Kier alpha value is -1.09. The van der Waals surface area contributed by atoms with Crippen LogP contribution in [0.4, 0.5) is 10.1 Å². The van der Waals surface area contributed by atoms with Crippen LogP contribution in [-0.4, -0.2) is 26.7 Å². The number of rotatable bonds is 6. The van der Waals surface area contributed by atoms with Crippen molar-refractivity contribution in [3.05, 3.63) is 30.1 Å². The lowest BCUT2D eigenvalue weighted by molar-refractivity contribution is 0.292. The third kappa shape index (κ3) is 3.47. The van der Waals surface area contributed by atoms with Crippen LogP contribution in [0.25, 0.3) is 0 Å². The van der Waals surface area contributed by atoms with Gasteiger partial charge in [0.05, 0.1) is 0 Å². The summed E-state index contributed by atoms with van der Waals surface area (Å²) in [6, 6.07) is 6.96. The van der Waals surface area contributed by atoms with E-state index in [1.807, 2.05) is 13.1 Å². The van der Waals surface area contributed by atoms with Crippen LogP contribution in [0.2, 0.25) is 0 Å². The highest BCUT2D eigenvalue weighted by molar-refractivity contribution is 5.46. The Labute approximate surface area is 116 Å². The molecule has 1 aliphatic rings.